The third kappa shape index (κ3) is 2.81. The molecule has 1 aromatic carbocycles. The standard InChI is InChI=1S/C17H15N5OS/c23-16(13-3-5-14(6-4-13)21-9-1-2-10-21)18-8-7-15-11-24-17-20-19-12-22(15)17/h1-6,9-12H,7-8H2,(H,18,23). The van der Waals surface area contributed by atoms with Gasteiger partial charge in [0.1, 0.15) is 6.33 Å². The number of carbonyl (C=O) groups excluding carboxylic acids is 1. The lowest BCUT2D eigenvalue weighted by Crippen LogP contribution is -2.25. The number of hydrogen-bond donors (Lipinski definition) is 1. The second-order valence-electron chi connectivity index (χ2n) is 5.35. The number of rotatable bonds is 5. The van der Waals surface area contributed by atoms with Gasteiger partial charge >= 0.3 is 0 Å². The molecule has 1 N–H and O–H groups in total. The fourth-order valence-electron chi connectivity index (χ4n) is 2.56. The minimum atomic E-state index is -0.0655. The Balaban J connectivity index is 1.37. The molecule has 0 aliphatic heterocycles. The normalized spacial score (nSPS) is 11.0. The maximum atomic E-state index is 12.2. The van der Waals surface area contributed by atoms with Gasteiger partial charge in [-0.3, -0.25) is 9.20 Å². The van der Waals surface area contributed by atoms with Gasteiger partial charge in [0.15, 0.2) is 0 Å². The number of aromatic nitrogens is 4. The molecular formula is C17H15N5OS. The van der Waals surface area contributed by atoms with Crippen molar-refractivity contribution in [2.24, 2.45) is 0 Å². The molecule has 0 fully saturated rings. The summed E-state index contributed by atoms with van der Waals surface area (Å²) in [7, 11) is 0. The maximum absolute atomic E-state index is 12.2. The minimum Gasteiger partial charge on any atom is -0.352 e. The number of amides is 1. The van der Waals surface area contributed by atoms with Crippen LogP contribution in [0.5, 0.6) is 0 Å². The molecule has 0 saturated heterocycles. The van der Waals surface area contributed by atoms with Gasteiger partial charge in [-0.05, 0) is 36.4 Å². The van der Waals surface area contributed by atoms with Crippen molar-refractivity contribution in [1.29, 1.82) is 0 Å². The molecule has 120 valence electrons. The largest absolute Gasteiger partial charge is 0.352 e. The first-order chi connectivity index (χ1) is 11.8. The van der Waals surface area contributed by atoms with E-state index in [1.165, 1.54) is 0 Å². The molecule has 24 heavy (non-hydrogen) atoms. The highest BCUT2D eigenvalue weighted by molar-refractivity contribution is 7.15. The predicted octanol–water partition coefficient (Wildman–Crippen LogP) is 2.55. The average molecular weight is 337 g/mol. The van der Waals surface area contributed by atoms with Crippen LogP contribution in [0.25, 0.3) is 10.6 Å². The first-order valence-electron chi connectivity index (χ1n) is 7.59. The summed E-state index contributed by atoms with van der Waals surface area (Å²) in [6.07, 6.45) is 6.39. The Hall–Kier alpha value is -2.93. The maximum Gasteiger partial charge on any atom is 0.251 e. The minimum absolute atomic E-state index is 0.0655. The van der Waals surface area contributed by atoms with Crippen LogP contribution in [0.4, 0.5) is 0 Å². The number of benzene rings is 1. The van der Waals surface area contributed by atoms with Gasteiger partial charge in [-0.15, -0.1) is 21.5 Å². The number of hydrogen-bond acceptors (Lipinski definition) is 4. The highest BCUT2D eigenvalue weighted by Gasteiger charge is 2.08. The van der Waals surface area contributed by atoms with Crippen molar-refractivity contribution in [2.45, 2.75) is 6.42 Å². The number of nitrogens with one attached hydrogen (secondary N) is 1. The van der Waals surface area contributed by atoms with Crippen LogP contribution in [0.1, 0.15) is 16.1 Å². The van der Waals surface area contributed by atoms with Crippen molar-refractivity contribution in [3.8, 4) is 5.69 Å². The van der Waals surface area contributed by atoms with Crippen molar-refractivity contribution in [3.05, 3.63) is 71.8 Å². The molecule has 0 bridgehead atoms. The van der Waals surface area contributed by atoms with Gasteiger partial charge in [0.25, 0.3) is 5.91 Å². The summed E-state index contributed by atoms with van der Waals surface area (Å²) in [4.78, 5) is 13.1. The van der Waals surface area contributed by atoms with Gasteiger partial charge in [0, 0.05) is 47.7 Å². The highest BCUT2D eigenvalue weighted by atomic mass is 32.1. The van der Waals surface area contributed by atoms with Crippen LogP contribution >= 0.6 is 11.3 Å². The van der Waals surface area contributed by atoms with Gasteiger partial charge in [-0.25, -0.2) is 0 Å². The first-order valence-corrected chi connectivity index (χ1v) is 8.47. The molecule has 0 aliphatic rings. The zero-order valence-corrected chi connectivity index (χ0v) is 13.6. The fraction of sp³-hybridized carbons (Fsp3) is 0.118. The molecule has 7 heteroatoms. The molecule has 3 aromatic heterocycles. The van der Waals surface area contributed by atoms with E-state index in [1.54, 1.807) is 17.7 Å². The quantitative estimate of drug-likeness (QED) is 0.609. The van der Waals surface area contributed by atoms with Crippen LogP contribution in [0.15, 0.2) is 60.5 Å². The monoisotopic (exact) mass is 337 g/mol. The van der Waals surface area contributed by atoms with Gasteiger partial charge in [-0.1, -0.05) is 0 Å². The lowest BCUT2D eigenvalue weighted by Gasteiger charge is -2.07. The number of nitrogens with zero attached hydrogens (tertiary/aromatic N) is 4. The van der Waals surface area contributed by atoms with E-state index in [9.17, 15) is 4.79 Å². The third-order valence-electron chi connectivity index (χ3n) is 3.83. The summed E-state index contributed by atoms with van der Waals surface area (Å²) in [6, 6.07) is 11.5. The Morgan fingerprint density at radius 1 is 1.17 bits per heavy atom. The fourth-order valence-corrected chi connectivity index (χ4v) is 3.40. The predicted molar refractivity (Wildman–Crippen MR) is 92.7 cm³/mol. The lowest BCUT2D eigenvalue weighted by atomic mass is 10.2. The molecular weight excluding hydrogens is 322 g/mol. The summed E-state index contributed by atoms with van der Waals surface area (Å²) >= 11 is 1.55. The summed E-state index contributed by atoms with van der Waals surface area (Å²) in [5.41, 5.74) is 2.79. The zero-order valence-electron chi connectivity index (χ0n) is 12.8. The average Bonchev–Trinajstić information content (AvgIpc) is 3.34. The van der Waals surface area contributed by atoms with Crippen LogP contribution in [-0.4, -0.2) is 31.6 Å². The van der Waals surface area contributed by atoms with Gasteiger partial charge < -0.3 is 9.88 Å². The van der Waals surface area contributed by atoms with Crippen LogP contribution < -0.4 is 5.32 Å². The second-order valence-corrected chi connectivity index (χ2v) is 6.19. The molecule has 0 radical (unpaired) electrons. The Bertz CT molecular complexity index is 953. The van der Waals surface area contributed by atoms with E-state index in [1.807, 2.05) is 63.1 Å². The lowest BCUT2D eigenvalue weighted by molar-refractivity contribution is 0.0954. The topological polar surface area (TPSA) is 64.2 Å². The molecule has 4 rings (SSSR count). The van der Waals surface area contributed by atoms with E-state index in [0.717, 1.165) is 22.8 Å². The SMILES string of the molecule is O=C(NCCc1csc2nncn12)c1ccc(-n2cccc2)cc1. The van der Waals surface area contributed by atoms with Crippen molar-refractivity contribution >= 4 is 22.2 Å². The zero-order chi connectivity index (χ0) is 16.4. The van der Waals surface area contributed by atoms with Gasteiger partial charge in [-0.2, -0.15) is 0 Å². The number of thiazole rings is 1. The van der Waals surface area contributed by atoms with E-state index in [2.05, 4.69) is 15.5 Å². The van der Waals surface area contributed by atoms with E-state index in [4.69, 9.17) is 0 Å². The van der Waals surface area contributed by atoms with Crippen molar-refractivity contribution in [2.75, 3.05) is 6.54 Å². The second kappa shape index (κ2) is 6.29. The van der Waals surface area contributed by atoms with Crippen LogP contribution in [0, 0.1) is 0 Å². The Kier molecular flexibility index (Phi) is 3.84. The third-order valence-corrected chi connectivity index (χ3v) is 4.70. The summed E-state index contributed by atoms with van der Waals surface area (Å²) < 4.78 is 3.95. The van der Waals surface area contributed by atoms with E-state index >= 15 is 0 Å². The van der Waals surface area contributed by atoms with Gasteiger partial charge in [0.05, 0.1) is 0 Å². The van der Waals surface area contributed by atoms with Crippen LogP contribution in [0.3, 0.4) is 0 Å². The Morgan fingerprint density at radius 2 is 1.96 bits per heavy atom. The van der Waals surface area contributed by atoms with E-state index in [-0.39, 0.29) is 5.91 Å². The molecule has 0 saturated carbocycles. The summed E-state index contributed by atoms with van der Waals surface area (Å²) in [5, 5.41) is 12.9. The molecule has 3 heterocycles. The summed E-state index contributed by atoms with van der Waals surface area (Å²) in [5.74, 6) is -0.0655. The van der Waals surface area contributed by atoms with Gasteiger partial charge in [0.2, 0.25) is 4.96 Å². The van der Waals surface area contributed by atoms with Crippen molar-refractivity contribution < 1.29 is 4.79 Å². The Morgan fingerprint density at radius 3 is 2.75 bits per heavy atom. The molecule has 0 unspecified atom stereocenters. The van der Waals surface area contributed by atoms with E-state index < -0.39 is 0 Å². The van der Waals surface area contributed by atoms with E-state index in [0.29, 0.717) is 12.1 Å². The molecule has 0 aliphatic carbocycles. The Labute approximate surface area is 142 Å². The molecule has 1 amide bonds. The summed E-state index contributed by atoms with van der Waals surface area (Å²) in [6.45, 7) is 0.572. The molecule has 6 nitrogen and oxygen atoms in total. The van der Waals surface area contributed by atoms with Crippen LogP contribution in [-0.2, 0) is 6.42 Å². The molecule has 4 aromatic rings. The van der Waals surface area contributed by atoms with Crippen LogP contribution in [0.2, 0.25) is 0 Å². The van der Waals surface area contributed by atoms with Crippen molar-refractivity contribution in [1.82, 2.24) is 24.5 Å². The first kappa shape index (κ1) is 14.6. The molecule has 0 spiro atoms. The number of fused-ring (bicyclic) bond motifs is 1. The highest BCUT2D eigenvalue weighted by Crippen LogP contribution is 2.13. The smallest absolute Gasteiger partial charge is 0.251 e. The number of carbonyl (C=O) groups is 1. The van der Waals surface area contributed by atoms with Crippen molar-refractivity contribution in [3.63, 3.8) is 0 Å². The molecule has 0 atom stereocenters.